The monoisotopic (exact) mass is 338 g/mol. The third kappa shape index (κ3) is 3.61. The van der Waals surface area contributed by atoms with Crippen molar-refractivity contribution in [1.82, 2.24) is 15.0 Å². The van der Waals surface area contributed by atoms with Crippen LogP contribution in [0.3, 0.4) is 0 Å². The van der Waals surface area contributed by atoms with Crippen molar-refractivity contribution in [2.45, 2.75) is 6.42 Å². The van der Waals surface area contributed by atoms with E-state index in [9.17, 15) is 5.26 Å². The summed E-state index contributed by atoms with van der Waals surface area (Å²) in [6.07, 6.45) is 2.47. The number of nitrogens with two attached hydrogens (primary N) is 1. The van der Waals surface area contributed by atoms with Gasteiger partial charge in [0.2, 0.25) is 11.9 Å². The largest absolute Gasteiger partial charge is 0.490 e. The zero-order chi connectivity index (χ0) is 17.8. The molecule has 128 valence electrons. The van der Waals surface area contributed by atoms with Crippen LogP contribution in [-0.2, 0) is 0 Å². The SMILES string of the molecule is CN(C)c1nc(N)nc(C(C#N)=Cc2cccc3c2OCCCO3)n1. The number of anilines is 2. The Labute approximate surface area is 145 Å². The van der Waals surface area contributed by atoms with Gasteiger partial charge in [0.05, 0.1) is 18.8 Å². The average Bonchev–Trinajstić information content (AvgIpc) is 2.85. The van der Waals surface area contributed by atoms with Crippen molar-refractivity contribution in [2.24, 2.45) is 0 Å². The van der Waals surface area contributed by atoms with Crippen molar-refractivity contribution in [3.8, 4) is 17.6 Å². The van der Waals surface area contributed by atoms with Crippen LogP contribution in [0, 0.1) is 11.3 Å². The number of hydrogen-bond acceptors (Lipinski definition) is 8. The van der Waals surface area contributed by atoms with E-state index in [1.165, 1.54) is 0 Å². The molecule has 8 heteroatoms. The Morgan fingerprint density at radius 3 is 2.80 bits per heavy atom. The molecule has 0 atom stereocenters. The minimum Gasteiger partial charge on any atom is -0.490 e. The van der Waals surface area contributed by atoms with E-state index in [4.69, 9.17) is 15.2 Å². The Hall–Kier alpha value is -3.34. The summed E-state index contributed by atoms with van der Waals surface area (Å²) in [5.41, 5.74) is 6.73. The molecule has 0 bridgehead atoms. The molecule has 2 N–H and O–H groups in total. The zero-order valence-corrected chi connectivity index (χ0v) is 14.1. The van der Waals surface area contributed by atoms with Crippen LogP contribution < -0.4 is 20.1 Å². The van der Waals surface area contributed by atoms with Crippen LogP contribution in [0.25, 0.3) is 11.6 Å². The first-order valence-corrected chi connectivity index (χ1v) is 7.78. The number of benzene rings is 1. The van der Waals surface area contributed by atoms with Crippen LogP contribution >= 0.6 is 0 Å². The van der Waals surface area contributed by atoms with Crippen molar-refractivity contribution >= 4 is 23.5 Å². The van der Waals surface area contributed by atoms with Gasteiger partial charge >= 0.3 is 0 Å². The number of fused-ring (bicyclic) bond motifs is 1. The molecule has 0 amide bonds. The van der Waals surface area contributed by atoms with E-state index in [2.05, 4.69) is 21.0 Å². The Balaban J connectivity index is 2.07. The summed E-state index contributed by atoms with van der Waals surface area (Å²) in [5, 5.41) is 9.58. The number of aromatic nitrogens is 3. The number of hydrogen-bond donors (Lipinski definition) is 1. The third-order valence-electron chi connectivity index (χ3n) is 3.50. The van der Waals surface area contributed by atoms with Gasteiger partial charge in [0.25, 0.3) is 0 Å². The van der Waals surface area contributed by atoms with Crippen molar-refractivity contribution in [1.29, 1.82) is 5.26 Å². The maximum atomic E-state index is 9.58. The Kier molecular flexibility index (Phi) is 4.66. The van der Waals surface area contributed by atoms with Gasteiger partial charge in [0, 0.05) is 26.1 Å². The van der Waals surface area contributed by atoms with Crippen LogP contribution in [0.15, 0.2) is 18.2 Å². The van der Waals surface area contributed by atoms with E-state index in [1.54, 1.807) is 25.1 Å². The third-order valence-corrected chi connectivity index (χ3v) is 3.50. The number of ether oxygens (including phenoxy) is 2. The lowest BCUT2D eigenvalue weighted by molar-refractivity contribution is 0.296. The van der Waals surface area contributed by atoms with E-state index in [0.29, 0.717) is 30.7 Å². The fourth-order valence-electron chi connectivity index (χ4n) is 2.33. The second-order valence-electron chi connectivity index (χ2n) is 5.61. The van der Waals surface area contributed by atoms with Gasteiger partial charge < -0.3 is 20.1 Å². The van der Waals surface area contributed by atoms with E-state index in [1.807, 2.05) is 18.2 Å². The van der Waals surface area contributed by atoms with E-state index in [-0.39, 0.29) is 17.3 Å². The van der Waals surface area contributed by atoms with Gasteiger partial charge in [-0.2, -0.15) is 20.2 Å². The topological polar surface area (TPSA) is 110 Å². The lowest BCUT2D eigenvalue weighted by Gasteiger charge is -2.12. The summed E-state index contributed by atoms with van der Waals surface area (Å²) < 4.78 is 11.5. The molecule has 1 aliphatic heterocycles. The number of nitrogens with zero attached hydrogens (tertiary/aromatic N) is 5. The first-order valence-electron chi connectivity index (χ1n) is 7.78. The molecule has 0 aliphatic carbocycles. The highest BCUT2D eigenvalue weighted by molar-refractivity contribution is 5.89. The van der Waals surface area contributed by atoms with Gasteiger partial charge in [-0.3, -0.25) is 0 Å². The molecule has 0 radical (unpaired) electrons. The smallest absolute Gasteiger partial charge is 0.230 e. The molecule has 3 rings (SSSR count). The summed E-state index contributed by atoms with van der Waals surface area (Å²) in [6.45, 7) is 1.16. The Bertz CT molecular complexity index is 857. The Morgan fingerprint density at radius 2 is 2.04 bits per heavy atom. The average molecular weight is 338 g/mol. The standard InChI is InChI=1S/C17H18N6O2/c1-23(2)17-21-15(20-16(19)22-17)12(10-18)9-11-5-3-6-13-14(11)25-8-4-7-24-13/h3,5-6,9H,4,7-8H2,1-2H3,(H2,19,20,21,22). The molecule has 8 nitrogen and oxygen atoms in total. The molecule has 0 saturated heterocycles. The normalized spacial score (nSPS) is 13.7. The molecule has 2 aromatic rings. The van der Waals surface area contributed by atoms with Crippen LogP contribution in [0.2, 0.25) is 0 Å². The summed E-state index contributed by atoms with van der Waals surface area (Å²) in [5.74, 6) is 1.93. The predicted molar refractivity (Wildman–Crippen MR) is 94.1 cm³/mol. The van der Waals surface area contributed by atoms with Crippen LogP contribution in [0.4, 0.5) is 11.9 Å². The van der Waals surface area contributed by atoms with Crippen molar-refractivity contribution < 1.29 is 9.47 Å². The number of nitrogen functional groups attached to an aromatic ring is 1. The van der Waals surface area contributed by atoms with Gasteiger partial charge in [-0.05, 0) is 12.1 Å². The Morgan fingerprint density at radius 1 is 1.24 bits per heavy atom. The minimum atomic E-state index is 0.0568. The van der Waals surface area contributed by atoms with E-state index >= 15 is 0 Å². The van der Waals surface area contributed by atoms with Gasteiger partial charge in [-0.25, -0.2) is 0 Å². The number of rotatable bonds is 3. The van der Waals surface area contributed by atoms with Crippen molar-refractivity contribution in [2.75, 3.05) is 37.9 Å². The van der Waals surface area contributed by atoms with Crippen LogP contribution in [-0.4, -0.2) is 42.3 Å². The highest BCUT2D eigenvalue weighted by Crippen LogP contribution is 2.35. The molecular formula is C17H18N6O2. The summed E-state index contributed by atoms with van der Waals surface area (Å²) in [7, 11) is 3.58. The van der Waals surface area contributed by atoms with Crippen molar-refractivity contribution in [3.63, 3.8) is 0 Å². The second-order valence-corrected chi connectivity index (χ2v) is 5.61. The molecule has 1 aliphatic rings. The number of allylic oxidation sites excluding steroid dienone is 1. The van der Waals surface area contributed by atoms with E-state index < -0.39 is 0 Å². The van der Waals surface area contributed by atoms with E-state index in [0.717, 1.165) is 12.0 Å². The molecule has 1 aromatic carbocycles. The molecule has 0 fully saturated rings. The molecule has 25 heavy (non-hydrogen) atoms. The first-order chi connectivity index (χ1) is 12.1. The van der Waals surface area contributed by atoms with Crippen LogP contribution in [0.5, 0.6) is 11.5 Å². The lowest BCUT2D eigenvalue weighted by atomic mass is 10.1. The van der Waals surface area contributed by atoms with Gasteiger partial charge in [0.15, 0.2) is 17.3 Å². The summed E-state index contributed by atoms with van der Waals surface area (Å²) in [6, 6.07) is 7.66. The number of nitriles is 1. The highest BCUT2D eigenvalue weighted by Gasteiger charge is 2.16. The van der Waals surface area contributed by atoms with Gasteiger partial charge in [-0.15, -0.1) is 0 Å². The molecule has 1 aromatic heterocycles. The maximum absolute atomic E-state index is 9.58. The molecule has 0 unspecified atom stereocenters. The number of para-hydroxylation sites is 1. The summed E-state index contributed by atoms with van der Waals surface area (Å²) >= 11 is 0. The molecule has 2 heterocycles. The first kappa shape index (κ1) is 16.5. The quantitative estimate of drug-likeness (QED) is 0.843. The second kappa shape index (κ2) is 7.05. The van der Waals surface area contributed by atoms with Gasteiger partial charge in [-0.1, -0.05) is 12.1 Å². The lowest BCUT2D eigenvalue weighted by Crippen LogP contribution is -2.15. The fourth-order valence-corrected chi connectivity index (χ4v) is 2.33. The van der Waals surface area contributed by atoms with Crippen molar-refractivity contribution in [3.05, 3.63) is 29.6 Å². The predicted octanol–water partition coefficient (Wildman–Crippen LogP) is 1.75. The fraction of sp³-hybridized carbons (Fsp3) is 0.294. The van der Waals surface area contributed by atoms with Gasteiger partial charge in [0.1, 0.15) is 6.07 Å². The van der Waals surface area contributed by atoms with Crippen LogP contribution in [0.1, 0.15) is 17.8 Å². The minimum absolute atomic E-state index is 0.0568. The zero-order valence-electron chi connectivity index (χ0n) is 14.1. The maximum Gasteiger partial charge on any atom is 0.230 e. The molecule has 0 spiro atoms. The molecular weight excluding hydrogens is 320 g/mol. The summed E-state index contributed by atoms with van der Waals surface area (Å²) in [4.78, 5) is 14.1. The molecule has 0 saturated carbocycles. The highest BCUT2D eigenvalue weighted by atomic mass is 16.5.